The molecule has 1 amide bonds. The third-order valence-corrected chi connectivity index (χ3v) is 13.3. The topological polar surface area (TPSA) is 135 Å². The first-order chi connectivity index (χ1) is 21.6. The van der Waals surface area contributed by atoms with Crippen LogP contribution < -0.4 is 20.7 Å². The maximum atomic E-state index is 14.2. The number of aromatic nitrogens is 2. The average molecular weight is 651 g/mol. The summed E-state index contributed by atoms with van der Waals surface area (Å²) in [7, 11) is 2.12. The molecular weight excluding hydrogens is 608 g/mol. The van der Waals surface area contributed by atoms with Gasteiger partial charge >= 0.3 is 5.69 Å². The van der Waals surface area contributed by atoms with Gasteiger partial charge in [-0.3, -0.25) is 24.3 Å². The SMILES string of the molecule is COc1cc(C(=O)N2CCC(c3cn(C)c(=O)n(C)c3=O)=C[C@H]2CO[Si](C)(C)C(C)(C)C)c([N+](=O)[O-])cc1OCc1ccccc1. The smallest absolute Gasteiger partial charge is 0.330 e. The van der Waals surface area contributed by atoms with Gasteiger partial charge in [0.05, 0.1) is 36.3 Å². The normalized spacial score (nSPS) is 15.3. The Kier molecular flexibility index (Phi) is 10.1. The molecule has 2 aromatic carbocycles. The highest BCUT2D eigenvalue weighted by molar-refractivity contribution is 6.74. The van der Waals surface area contributed by atoms with Crippen LogP contribution in [0.2, 0.25) is 18.1 Å². The number of aryl methyl sites for hydroxylation is 1. The first-order valence-corrected chi connectivity index (χ1v) is 17.9. The van der Waals surface area contributed by atoms with Crippen molar-refractivity contribution in [3.8, 4) is 11.5 Å². The lowest BCUT2D eigenvalue weighted by Crippen LogP contribution is -2.49. The first kappa shape index (κ1) is 34.4. The van der Waals surface area contributed by atoms with E-state index in [1.165, 1.54) is 42.0 Å². The van der Waals surface area contributed by atoms with E-state index < -0.39 is 42.1 Å². The Morgan fingerprint density at radius 1 is 1.09 bits per heavy atom. The molecule has 0 fully saturated rings. The van der Waals surface area contributed by atoms with Crippen LogP contribution in [-0.4, -0.2) is 59.5 Å². The minimum atomic E-state index is -2.28. The number of nitro groups is 1. The third-order valence-electron chi connectivity index (χ3n) is 8.84. The zero-order valence-electron chi connectivity index (χ0n) is 27.7. The van der Waals surface area contributed by atoms with Crippen LogP contribution in [0.1, 0.15) is 48.7 Å². The van der Waals surface area contributed by atoms with Crippen molar-refractivity contribution in [2.24, 2.45) is 14.1 Å². The van der Waals surface area contributed by atoms with Crippen molar-refractivity contribution in [3.63, 3.8) is 0 Å². The average Bonchev–Trinajstić information content (AvgIpc) is 3.02. The van der Waals surface area contributed by atoms with Gasteiger partial charge in [-0.05, 0) is 35.7 Å². The largest absolute Gasteiger partial charge is 0.493 e. The maximum absolute atomic E-state index is 14.2. The summed E-state index contributed by atoms with van der Waals surface area (Å²) in [5, 5.41) is 12.2. The molecule has 0 aliphatic carbocycles. The highest BCUT2D eigenvalue weighted by Crippen LogP contribution is 2.39. The number of nitro benzene ring substituents is 1. The van der Waals surface area contributed by atoms with Crippen molar-refractivity contribution in [2.75, 3.05) is 20.3 Å². The molecule has 46 heavy (non-hydrogen) atoms. The Morgan fingerprint density at radius 2 is 1.76 bits per heavy atom. The van der Waals surface area contributed by atoms with Gasteiger partial charge in [0.1, 0.15) is 12.2 Å². The van der Waals surface area contributed by atoms with E-state index in [0.717, 1.165) is 10.1 Å². The number of carbonyl (C=O) groups excluding carboxylic acids is 1. The minimum absolute atomic E-state index is 0.113. The Morgan fingerprint density at radius 3 is 2.37 bits per heavy atom. The molecule has 1 aromatic heterocycles. The van der Waals surface area contributed by atoms with E-state index in [4.69, 9.17) is 13.9 Å². The van der Waals surface area contributed by atoms with Crippen molar-refractivity contribution in [3.05, 3.63) is 102 Å². The monoisotopic (exact) mass is 650 g/mol. The van der Waals surface area contributed by atoms with Gasteiger partial charge in [0.25, 0.3) is 17.2 Å². The predicted molar refractivity (Wildman–Crippen MR) is 178 cm³/mol. The number of benzene rings is 2. The molecule has 0 saturated heterocycles. The van der Waals surface area contributed by atoms with Crippen molar-refractivity contribution in [2.45, 2.75) is 58.0 Å². The summed E-state index contributed by atoms with van der Waals surface area (Å²) in [6, 6.07) is 11.2. The zero-order chi connectivity index (χ0) is 34.0. The van der Waals surface area contributed by atoms with E-state index in [-0.39, 0.29) is 41.9 Å². The van der Waals surface area contributed by atoms with Gasteiger partial charge < -0.3 is 23.4 Å². The second-order valence-corrected chi connectivity index (χ2v) is 17.7. The van der Waals surface area contributed by atoms with Crippen LogP contribution in [0.25, 0.3) is 5.57 Å². The van der Waals surface area contributed by atoms with E-state index in [2.05, 4.69) is 33.9 Å². The Hall–Kier alpha value is -4.49. The van der Waals surface area contributed by atoms with Crippen molar-refractivity contribution in [1.29, 1.82) is 0 Å². The van der Waals surface area contributed by atoms with Crippen molar-refractivity contribution < 1.29 is 23.6 Å². The van der Waals surface area contributed by atoms with Crippen LogP contribution in [0.3, 0.4) is 0 Å². The number of hydrogen-bond acceptors (Lipinski definition) is 8. The lowest BCUT2D eigenvalue weighted by molar-refractivity contribution is -0.385. The number of nitrogens with zero attached hydrogens (tertiary/aromatic N) is 4. The molecule has 13 heteroatoms. The molecule has 1 aliphatic rings. The fourth-order valence-electron chi connectivity index (χ4n) is 5.00. The predicted octanol–water partition coefficient (Wildman–Crippen LogP) is 4.90. The molecule has 2 heterocycles. The summed E-state index contributed by atoms with van der Waals surface area (Å²) in [5.74, 6) is -0.258. The summed E-state index contributed by atoms with van der Waals surface area (Å²) >= 11 is 0. The second-order valence-electron chi connectivity index (χ2n) is 12.9. The number of ether oxygens (including phenoxy) is 2. The minimum Gasteiger partial charge on any atom is -0.493 e. The summed E-state index contributed by atoms with van der Waals surface area (Å²) in [4.78, 5) is 52.9. The molecule has 0 radical (unpaired) electrons. The van der Waals surface area contributed by atoms with Gasteiger partial charge in [-0.15, -0.1) is 0 Å². The molecule has 3 aromatic rings. The number of methoxy groups -OCH3 is 1. The Labute approximate surface area is 269 Å². The van der Waals surface area contributed by atoms with Gasteiger partial charge in [-0.2, -0.15) is 0 Å². The van der Waals surface area contributed by atoms with Crippen molar-refractivity contribution >= 4 is 25.5 Å². The highest BCUT2D eigenvalue weighted by Gasteiger charge is 2.40. The van der Waals surface area contributed by atoms with Gasteiger partial charge in [-0.25, -0.2) is 4.79 Å². The molecule has 1 atom stereocenters. The summed E-state index contributed by atoms with van der Waals surface area (Å²) in [6.07, 6.45) is 3.60. The zero-order valence-corrected chi connectivity index (χ0v) is 28.7. The third kappa shape index (κ3) is 7.15. The van der Waals surface area contributed by atoms with Crippen LogP contribution in [0.15, 0.2) is 64.3 Å². The lowest BCUT2D eigenvalue weighted by Gasteiger charge is -2.40. The van der Waals surface area contributed by atoms with Gasteiger partial charge in [0.2, 0.25) is 0 Å². The Balaban J connectivity index is 1.75. The van der Waals surface area contributed by atoms with Crippen LogP contribution in [0.4, 0.5) is 5.69 Å². The molecule has 0 unspecified atom stereocenters. The molecule has 0 spiro atoms. The number of rotatable bonds is 10. The van der Waals surface area contributed by atoms with E-state index in [0.29, 0.717) is 17.6 Å². The van der Waals surface area contributed by atoms with Gasteiger partial charge in [0, 0.05) is 32.9 Å². The number of hydrogen-bond donors (Lipinski definition) is 0. The molecule has 0 saturated carbocycles. The summed E-state index contributed by atoms with van der Waals surface area (Å²) < 4.78 is 20.3. The maximum Gasteiger partial charge on any atom is 0.330 e. The van der Waals surface area contributed by atoms with E-state index in [1.807, 2.05) is 30.3 Å². The van der Waals surface area contributed by atoms with Crippen LogP contribution in [0.5, 0.6) is 11.5 Å². The second kappa shape index (κ2) is 13.5. The fourth-order valence-corrected chi connectivity index (χ4v) is 6.02. The molecular formula is C33H42N4O8Si. The van der Waals surface area contributed by atoms with Crippen LogP contribution in [-0.2, 0) is 25.1 Å². The van der Waals surface area contributed by atoms with Crippen molar-refractivity contribution in [1.82, 2.24) is 14.0 Å². The summed E-state index contributed by atoms with van der Waals surface area (Å²) in [6.45, 7) is 11.0. The van der Waals surface area contributed by atoms with E-state index >= 15 is 0 Å². The molecule has 12 nitrogen and oxygen atoms in total. The standard InChI is InChI=1S/C33H42N4O8Si/c1-33(2,3)46(7,8)45-21-24-16-23(26-19-34(4)32(40)35(5)30(26)38)14-15-36(24)31(39)25-17-28(43-6)29(18-27(25)37(41)42)44-20-22-12-10-9-11-13-22/h9-13,16-19,24H,14-15,20-21H2,1-8H3/t24-/m0/s1. The van der Waals surface area contributed by atoms with Crippen LogP contribution in [0, 0.1) is 10.1 Å². The Bertz CT molecular complexity index is 1770. The fraction of sp³-hybridized carbons (Fsp3) is 0.424. The lowest BCUT2D eigenvalue weighted by atomic mass is 9.96. The van der Waals surface area contributed by atoms with Gasteiger partial charge in [-0.1, -0.05) is 57.2 Å². The highest BCUT2D eigenvalue weighted by atomic mass is 28.4. The molecule has 4 rings (SSSR count). The summed E-state index contributed by atoms with van der Waals surface area (Å²) in [5.41, 5.74) is 0.422. The molecule has 1 aliphatic heterocycles. The molecule has 246 valence electrons. The van der Waals surface area contributed by atoms with Crippen LogP contribution >= 0.6 is 0 Å². The van der Waals surface area contributed by atoms with Gasteiger partial charge in [0.15, 0.2) is 19.8 Å². The molecule has 0 N–H and O–H groups in total. The first-order valence-electron chi connectivity index (χ1n) is 15.0. The molecule has 0 bridgehead atoms. The number of carbonyl (C=O) groups is 1. The quantitative estimate of drug-likeness (QED) is 0.172. The van der Waals surface area contributed by atoms with E-state index in [9.17, 15) is 24.5 Å². The number of amides is 1. The van der Waals surface area contributed by atoms with E-state index in [1.54, 1.807) is 13.1 Å².